The molecule has 1 N–H and O–H groups in total. The van der Waals surface area contributed by atoms with E-state index in [9.17, 15) is 4.79 Å². The molecule has 6 heteroatoms. The van der Waals surface area contributed by atoms with E-state index in [1.807, 2.05) is 56.3 Å². The highest BCUT2D eigenvalue weighted by molar-refractivity contribution is 5.86. The van der Waals surface area contributed by atoms with E-state index in [0.29, 0.717) is 18.0 Å². The number of aryl methyl sites for hydroxylation is 1. The lowest BCUT2D eigenvalue weighted by molar-refractivity contribution is -0.124. The molecule has 1 aromatic heterocycles. The number of ether oxygens (including phenoxy) is 2. The maximum atomic E-state index is 12.7. The number of amides is 1. The van der Waals surface area contributed by atoms with Crippen molar-refractivity contribution >= 4 is 16.8 Å². The van der Waals surface area contributed by atoms with Gasteiger partial charge in [-0.3, -0.25) is 9.48 Å². The normalized spacial score (nSPS) is 12.0. The highest BCUT2D eigenvalue weighted by Crippen LogP contribution is 2.30. The zero-order chi connectivity index (χ0) is 18.7. The number of aromatic nitrogens is 2. The lowest BCUT2D eigenvalue weighted by atomic mass is 10.1. The van der Waals surface area contributed by atoms with Crippen LogP contribution in [0.4, 0.5) is 0 Å². The zero-order valence-electron chi connectivity index (χ0n) is 15.4. The van der Waals surface area contributed by atoms with E-state index in [1.54, 1.807) is 18.9 Å². The van der Waals surface area contributed by atoms with Crippen molar-refractivity contribution in [3.63, 3.8) is 0 Å². The van der Waals surface area contributed by atoms with Crippen LogP contribution < -0.4 is 14.8 Å². The lowest BCUT2D eigenvalue weighted by Crippen LogP contribution is -2.31. The minimum Gasteiger partial charge on any atom is -0.493 e. The Morgan fingerprint density at radius 2 is 1.92 bits per heavy atom. The Balaban J connectivity index is 1.78. The Kier molecular flexibility index (Phi) is 5.11. The lowest BCUT2D eigenvalue weighted by Gasteiger charge is -2.16. The summed E-state index contributed by atoms with van der Waals surface area (Å²) in [4.78, 5) is 12.7. The Morgan fingerprint density at radius 1 is 1.15 bits per heavy atom. The van der Waals surface area contributed by atoms with Crippen molar-refractivity contribution in [1.29, 1.82) is 0 Å². The molecule has 0 saturated carbocycles. The van der Waals surface area contributed by atoms with Gasteiger partial charge in [0.25, 0.3) is 0 Å². The molecule has 0 fully saturated rings. The monoisotopic (exact) mass is 353 g/mol. The minimum absolute atomic E-state index is 0.108. The molecule has 0 aliphatic heterocycles. The van der Waals surface area contributed by atoms with Crippen LogP contribution in [0.5, 0.6) is 11.5 Å². The Hall–Kier alpha value is -3.02. The summed E-state index contributed by atoms with van der Waals surface area (Å²) >= 11 is 0. The van der Waals surface area contributed by atoms with Gasteiger partial charge >= 0.3 is 0 Å². The first-order valence-electron chi connectivity index (χ1n) is 8.48. The molecule has 6 nitrogen and oxygen atoms in total. The van der Waals surface area contributed by atoms with E-state index in [-0.39, 0.29) is 5.91 Å². The van der Waals surface area contributed by atoms with Gasteiger partial charge in [-0.25, -0.2) is 0 Å². The second kappa shape index (κ2) is 7.47. The third-order valence-electron chi connectivity index (χ3n) is 4.48. The van der Waals surface area contributed by atoms with Gasteiger partial charge in [0.15, 0.2) is 11.5 Å². The van der Waals surface area contributed by atoms with Gasteiger partial charge in [0, 0.05) is 17.5 Å². The second-order valence-electron chi connectivity index (χ2n) is 6.09. The summed E-state index contributed by atoms with van der Waals surface area (Å²) in [6, 6.07) is 13.1. The Bertz CT molecular complexity index is 933. The Labute approximate surface area is 152 Å². The number of carbonyl (C=O) groups is 1. The summed E-state index contributed by atoms with van der Waals surface area (Å²) in [5.74, 6) is 1.16. The van der Waals surface area contributed by atoms with Crippen molar-refractivity contribution < 1.29 is 14.3 Å². The second-order valence-corrected chi connectivity index (χ2v) is 6.09. The fourth-order valence-corrected chi connectivity index (χ4v) is 3.08. The van der Waals surface area contributed by atoms with Gasteiger partial charge in [-0.05, 0) is 26.0 Å². The van der Waals surface area contributed by atoms with Crippen LogP contribution in [0.25, 0.3) is 10.9 Å². The SMILES string of the molecule is COc1cccc(CNC(=O)[C@H](C)n2nc(C)c3ccccc32)c1OC. The van der Waals surface area contributed by atoms with Gasteiger partial charge in [0.1, 0.15) is 6.04 Å². The minimum atomic E-state index is -0.426. The maximum absolute atomic E-state index is 12.7. The number of rotatable bonds is 6. The predicted octanol–water partition coefficient (Wildman–Crippen LogP) is 3.24. The van der Waals surface area contributed by atoms with Crippen LogP contribution in [0.2, 0.25) is 0 Å². The van der Waals surface area contributed by atoms with Crippen molar-refractivity contribution in [2.75, 3.05) is 14.2 Å². The van der Waals surface area contributed by atoms with E-state index in [2.05, 4.69) is 10.4 Å². The fourth-order valence-electron chi connectivity index (χ4n) is 3.08. The van der Waals surface area contributed by atoms with Gasteiger partial charge in [-0.15, -0.1) is 0 Å². The molecule has 2 aromatic carbocycles. The highest BCUT2D eigenvalue weighted by Gasteiger charge is 2.20. The molecule has 0 aliphatic carbocycles. The van der Waals surface area contributed by atoms with E-state index in [0.717, 1.165) is 22.2 Å². The number of nitrogens with zero attached hydrogens (tertiary/aromatic N) is 2. The first kappa shape index (κ1) is 17.8. The van der Waals surface area contributed by atoms with E-state index >= 15 is 0 Å². The van der Waals surface area contributed by atoms with Gasteiger partial charge in [0.2, 0.25) is 5.91 Å². The van der Waals surface area contributed by atoms with E-state index in [4.69, 9.17) is 9.47 Å². The molecule has 136 valence electrons. The maximum Gasteiger partial charge on any atom is 0.244 e. The van der Waals surface area contributed by atoms with Crippen molar-refractivity contribution in [2.45, 2.75) is 26.4 Å². The molecule has 0 unspecified atom stereocenters. The molecule has 0 radical (unpaired) electrons. The van der Waals surface area contributed by atoms with Gasteiger partial charge in [0.05, 0.1) is 25.4 Å². The average Bonchev–Trinajstić information content (AvgIpc) is 3.02. The summed E-state index contributed by atoms with van der Waals surface area (Å²) in [6.45, 7) is 4.14. The first-order valence-corrected chi connectivity index (χ1v) is 8.48. The molecule has 1 amide bonds. The molecule has 26 heavy (non-hydrogen) atoms. The van der Waals surface area contributed by atoms with Crippen molar-refractivity contribution in [2.24, 2.45) is 0 Å². The number of carbonyl (C=O) groups excluding carboxylic acids is 1. The average molecular weight is 353 g/mol. The first-order chi connectivity index (χ1) is 12.6. The Morgan fingerprint density at radius 3 is 2.65 bits per heavy atom. The van der Waals surface area contributed by atoms with Crippen LogP contribution in [-0.4, -0.2) is 29.9 Å². The molecule has 1 atom stereocenters. The summed E-state index contributed by atoms with van der Waals surface area (Å²) < 4.78 is 12.5. The van der Waals surface area contributed by atoms with Crippen LogP contribution in [-0.2, 0) is 11.3 Å². The fraction of sp³-hybridized carbons (Fsp3) is 0.300. The van der Waals surface area contributed by atoms with E-state index < -0.39 is 6.04 Å². The molecule has 1 heterocycles. The third kappa shape index (κ3) is 3.22. The molecular weight excluding hydrogens is 330 g/mol. The van der Waals surface area contributed by atoms with Crippen LogP contribution in [0.15, 0.2) is 42.5 Å². The van der Waals surface area contributed by atoms with Crippen molar-refractivity contribution in [1.82, 2.24) is 15.1 Å². The standard InChI is InChI=1S/C20H23N3O3/c1-13-16-9-5-6-10-17(16)23(22-13)14(2)20(24)21-12-15-8-7-11-18(25-3)19(15)26-4/h5-11,14H,12H2,1-4H3,(H,21,24)/t14-/m0/s1. The van der Waals surface area contributed by atoms with Crippen LogP contribution in [0.1, 0.15) is 24.2 Å². The number of hydrogen-bond acceptors (Lipinski definition) is 4. The van der Waals surface area contributed by atoms with Gasteiger partial charge in [-0.1, -0.05) is 30.3 Å². The largest absolute Gasteiger partial charge is 0.493 e. The molecule has 0 saturated heterocycles. The van der Waals surface area contributed by atoms with Crippen molar-refractivity contribution in [3.05, 3.63) is 53.7 Å². The smallest absolute Gasteiger partial charge is 0.244 e. The van der Waals surface area contributed by atoms with Crippen LogP contribution >= 0.6 is 0 Å². The summed E-state index contributed by atoms with van der Waals surface area (Å²) in [7, 11) is 3.18. The summed E-state index contributed by atoms with van der Waals surface area (Å²) in [5, 5.41) is 8.56. The van der Waals surface area contributed by atoms with Gasteiger partial charge in [-0.2, -0.15) is 5.10 Å². The molecule has 0 aliphatic rings. The number of fused-ring (bicyclic) bond motifs is 1. The number of nitrogens with one attached hydrogen (secondary N) is 1. The molecule has 3 rings (SSSR count). The molecule has 0 bridgehead atoms. The third-order valence-corrected chi connectivity index (χ3v) is 4.48. The number of para-hydroxylation sites is 2. The van der Waals surface area contributed by atoms with Crippen molar-refractivity contribution in [3.8, 4) is 11.5 Å². The molecule has 3 aromatic rings. The highest BCUT2D eigenvalue weighted by atomic mass is 16.5. The summed E-state index contributed by atoms with van der Waals surface area (Å²) in [6.07, 6.45) is 0. The predicted molar refractivity (Wildman–Crippen MR) is 101 cm³/mol. The molecular formula is C20H23N3O3. The quantitative estimate of drug-likeness (QED) is 0.739. The summed E-state index contributed by atoms with van der Waals surface area (Å²) in [5.41, 5.74) is 2.72. The van der Waals surface area contributed by atoms with Crippen LogP contribution in [0, 0.1) is 6.92 Å². The van der Waals surface area contributed by atoms with Crippen LogP contribution in [0.3, 0.4) is 0 Å². The van der Waals surface area contributed by atoms with E-state index in [1.165, 1.54) is 0 Å². The number of hydrogen-bond donors (Lipinski definition) is 1. The van der Waals surface area contributed by atoms with Gasteiger partial charge < -0.3 is 14.8 Å². The molecule has 0 spiro atoms. The number of methoxy groups -OCH3 is 2. The zero-order valence-corrected chi connectivity index (χ0v) is 15.4. The topological polar surface area (TPSA) is 65.4 Å². The number of benzene rings is 2.